The van der Waals surface area contributed by atoms with Gasteiger partial charge < -0.3 is 24.8 Å². The van der Waals surface area contributed by atoms with E-state index in [1.165, 1.54) is 5.56 Å². The van der Waals surface area contributed by atoms with Crippen molar-refractivity contribution in [2.24, 2.45) is 4.99 Å². The fourth-order valence-electron chi connectivity index (χ4n) is 2.68. The van der Waals surface area contributed by atoms with Crippen molar-refractivity contribution in [3.8, 4) is 17.2 Å². The van der Waals surface area contributed by atoms with Crippen LogP contribution in [0.2, 0.25) is 0 Å². The van der Waals surface area contributed by atoms with Gasteiger partial charge in [0.1, 0.15) is 5.75 Å². The number of methoxy groups -OCH3 is 3. The average molecular weight is 499 g/mol. The van der Waals surface area contributed by atoms with Crippen molar-refractivity contribution in [3.63, 3.8) is 0 Å². The lowest BCUT2D eigenvalue weighted by Gasteiger charge is -2.27. The zero-order chi connectivity index (χ0) is 19.9. The molecule has 2 N–H and O–H groups in total. The number of aliphatic imine (C=N–C) groups is 1. The number of nitrogens with zero attached hydrogens (tertiary/aromatic N) is 1. The van der Waals surface area contributed by atoms with Crippen molar-refractivity contribution in [1.29, 1.82) is 0 Å². The summed E-state index contributed by atoms with van der Waals surface area (Å²) in [5, 5.41) is 6.67. The zero-order valence-electron chi connectivity index (χ0n) is 17.3. The van der Waals surface area contributed by atoms with Crippen molar-refractivity contribution in [3.05, 3.63) is 48.0 Å². The average Bonchev–Trinajstić information content (AvgIpc) is 2.70. The van der Waals surface area contributed by atoms with E-state index < -0.39 is 0 Å². The predicted molar refractivity (Wildman–Crippen MR) is 126 cm³/mol. The highest BCUT2D eigenvalue weighted by atomic mass is 127. The van der Waals surface area contributed by atoms with E-state index in [4.69, 9.17) is 14.2 Å². The van der Waals surface area contributed by atoms with Crippen molar-refractivity contribution < 1.29 is 14.2 Å². The second-order valence-electron chi connectivity index (χ2n) is 6.73. The van der Waals surface area contributed by atoms with Gasteiger partial charge in [0, 0.05) is 30.8 Å². The predicted octanol–water partition coefficient (Wildman–Crippen LogP) is 4.30. The van der Waals surface area contributed by atoms with E-state index >= 15 is 0 Å². The Kier molecular flexibility index (Phi) is 9.37. The lowest BCUT2D eigenvalue weighted by Crippen LogP contribution is -2.40. The van der Waals surface area contributed by atoms with Crippen LogP contribution in [0.1, 0.15) is 19.4 Å². The fourth-order valence-corrected chi connectivity index (χ4v) is 2.68. The van der Waals surface area contributed by atoms with Crippen LogP contribution in [0.3, 0.4) is 0 Å². The molecular weight excluding hydrogens is 469 g/mol. The van der Waals surface area contributed by atoms with Gasteiger partial charge in [0.05, 0.1) is 21.3 Å². The molecule has 154 valence electrons. The lowest BCUT2D eigenvalue weighted by atomic mass is 9.84. The van der Waals surface area contributed by atoms with Gasteiger partial charge in [-0.2, -0.15) is 0 Å². The fraction of sp³-hybridized carbons (Fsp3) is 0.381. The monoisotopic (exact) mass is 499 g/mol. The zero-order valence-corrected chi connectivity index (χ0v) is 19.7. The summed E-state index contributed by atoms with van der Waals surface area (Å²) in [7, 11) is 6.65. The molecule has 0 fully saturated rings. The summed E-state index contributed by atoms with van der Waals surface area (Å²) in [6, 6.07) is 13.8. The number of hydrogen-bond donors (Lipinski definition) is 2. The first-order valence-electron chi connectivity index (χ1n) is 8.77. The van der Waals surface area contributed by atoms with Gasteiger partial charge in [0.2, 0.25) is 0 Å². The van der Waals surface area contributed by atoms with Gasteiger partial charge in [-0.25, -0.2) is 0 Å². The number of anilines is 1. The van der Waals surface area contributed by atoms with Crippen LogP contribution in [0, 0.1) is 0 Å². The normalized spacial score (nSPS) is 11.3. The Balaban J connectivity index is 0.00000392. The van der Waals surface area contributed by atoms with E-state index in [1.54, 1.807) is 28.4 Å². The lowest BCUT2D eigenvalue weighted by molar-refractivity contribution is 0.355. The Bertz CT molecular complexity index is 777. The minimum Gasteiger partial charge on any atom is -0.497 e. The molecule has 2 aromatic carbocycles. The first kappa shape index (κ1) is 23.9. The summed E-state index contributed by atoms with van der Waals surface area (Å²) >= 11 is 0. The van der Waals surface area contributed by atoms with Crippen LogP contribution in [0.25, 0.3) is 0 Å². The van der Waals surface area contributed by atoms with Crippen LogP contribution in [0.4, 0.5) is 5.69 Å². The molecule has 0 atom stereocenters. The molecule has 0 saturated carbocycles. The molecule has 2 aromatic rings. The van der Waals surface area contributed by atoms with Gasteiger partial charge in [-0.15, -0.1) is 24.0 Å². The minimum atomic E-state index is -0.0819. The number of rotatable bonds is 7. The third-order valence-electron chi connectivity index (χ3n) is 4.44. The second-order valence-corrected chi connectivity index (χ2v) is 6.73. The number of ether oxygens (including phenoxy) is 3. The Morgan fingerprint density at radius 1 is 0.929 bits per heavy atom. The molecule has 0 unspecified atom stereocenters. The maximum Gasteiger partial charge on any atom is 0.195 e. The highest BCUT2D eigenvalue weighted by molar-refractivity contribution is 14.0. The number of benzene rings is 2. The maximum atomic E-state index is 5.35. The van der Waals surface area contributed by atoms with Crippen LogP contribution >= 0.6 is 24.0 Å². The molecule has 0 saturated heterocycles. The summed E-state index contributed by atoms with van der Waals surface area (Å²) in [5.74, 6) is 2.89. The molecule has 7 heteroatoms. The largest absolute Gasteiger partial charge is 0.497 e. The second kappa shape index (κ2) is 11.0. The third-order valence-corrected chi connectivity index (χ3v) is 4.44. The summed E-state index contributed by atoms with van der Waals surface area (Å²) in [5.41, 5.74) is 2.00. The maximum absolute atomic E-state index is 5.35. The molecule has 6 nitrogen and oxygen atoms in total. The smallest absolute Gasteiger partial charge is 0.195 e. The molecule has 0 aliphatic rings. The van der Waals surface area contributed by atoms with Crippen LogP contribution in [-0.2, 0) is 5.41 Å². The summed E-state index contributed by atoms with van der Waals surface area (Å²) in [4.78, 5) is 4.31. The molecule has 0 radical (unpaired) electrons. The van der Waals surface area contributed by atoms with E-state index in [2.05, 4.69) is 41.6 Å². The highest BCUT2D eigenvalue weighted by Crippen LogP contribution is 2.30. The van der Waals surface area contributed by atoms with Gasteiger partial charge in [0.25, 0.3) is 0 Å². The van der Waals surface area contributed by atoms with Crippen molar-refractivity contribution in [1.82, 2.24) is 5.32 Å². The Morgan fingerprint density at radius 3 is 2.11 bits per heavy atom. The summed E-state index contributed by atoms with van der Waals surface area (Å²) in [6.45, 7) is 5.09. The van der Waals surface area contributed by atoms with Gasteiger partial charge in [-0.05, 0) is 29.8 Å². The van der Waals surface area contributed by atoms with Gasteiger partial charge in [-0.1, -0.05) is 26.0 Å². The Labute approximate surface area is 184 Å². The van der Waals surface area contributed by atoms with Crippen molar-refractivity contribution in [2.45, 2.75) is 19.3 Å². The molecule has 0 aromatic heterocycles. The third kappa shape index (κ3) is 6.19. The van der Waals surface area contributed by atoms with Gasteiger partial charge in [0.15, 0.2) is 17.5 Å². The van der Waals surface area contributed by atoms with Gasteiger partial charge >= 0.3 is 0 Å². The first-order valence-corrected chi connectivity index (χ1v) is 8.77. The van der Waals surface area contributed by atoms with E-state index in [0.29, 0.717) is 24.0 Å². The topological polar surface area (TPSA) is 64.1 Å². The SMILES string of the molecule is CN=C(NCC(C)(C)c1ccc(OC)cc1)Nc1ccc(OC)c(OC)c1.I. The molecule has 0 heterocycles. The van der Waals surface area contributed by atoms with E-state index in [-0.39, 0.29) is 29.4 Å². The Morgan fingerprint density at radius 2 is 1.57 bits per heavy atom. The number of nitrogens with one attached hydrogen (secondary N) is 2. The van der Waals surface area contributed by atoms with E-state index in [0.717, 1.165) is 11.4 Å². The number of guanidine groups is 1. The molecule has 0 amide bonds. The quantitative estimate of drug-likeness (QED) is 0.338. The van der Waals surface area contributed by atoms with E-state index in [1.807, 2.05) is 30.3 Å². The van der Waals surface area contributed by atoms with Crippen LogP contribution in [-0.4, -0.2) is 40.9 Å². The van der Waals surface area contributed by atoms with Crippen molar-refractivity contribution in [2.75, 3.05) is 40.2 Å². The molecule has 0 bridgehead atoms. The van der Waals surface area contributed by atoms with Crippen LogP contribution < -0.4 is 24.8 Å². The molecule has 2 rings (SSSR count). The molecule has 28 heavy (non-hydrogen) atoms. The molecule has 0 aliphatic heterocycles. The first-order chi connectivity index (χ1) is 12.9. The summed E-state index contributed by atoms with van der Waals surface area (Å²) in [6.07, 6.45) is 0. The number of halogens is 1. The Hall–Kier alpha value is -2.16. The van der Waals surface area contributed by atoms with Gasteiger partial charge in [-0.3, -0.25) is 4.99 Å². The molecular formula is C21H30IN3O3. The van der Waals surface area contributed by atoms with Crippen LogP contribution in [0.5, 0.6) is 17.2 Å². The van der Waals surface area contributed by atoms with Crippen LogP contribution in [0.15, 0.2) is 47.5 Å². The van der Waals surface area contributed by atoms with E-state index in [9.17, 15) is 0 Å². The minimum absolute atomic E-state index is 0. The highest BCUT2D eigenvalue weighted by Gasteiger charge is 2.21. The number of hydrogen-bond acceptors (Lipinski definition) is 4. The standard InChI is InChI=1S/C21H29N3O3.HI/c1-21(2,15-7-10-17(25-4)11-8-15)14-23-20(22-3)24-16-9-12-18(26-5)19(13-16)27-6;/h7-13H,14H2,1-6H3,(H2,22,23,24);1H. The summed E-state index contributed by atoms with van der Waals surface area (Å²) < 4.78 is 15.9. The molecule has 0 spiro atoms. The van der Waals surface area contributed by atoms with Crippen molar-refractivity contribution >= 4 is 35.6 Å². The molecule has 0 aliphatic carbocycles.